The third-order valence-corrected chi connectivity index (χ3v) is 3.65. The molecule has 0 unspecified atom stereocenters. The van der Waals surface area contributed by atoms with Crippen LogP contribution in [0.1, 0.15) is 16.7 Å². The molecule has 3 rings (SSSR count). The maximum Gasteiger partial charge on any atom is 0.336 e. The third kappa shape index (κ3) is 2.68. The van der Waals surface area contributed by atoms with Crippen LogP contribution in [-0.4, -0.2) is 0 Å². The van der Waals surface area contributed by atoms with E-state index in [4.69, 9.17) is 9.15 Å². The maximum absolute atomic E-state index is 11.8. The van der Waals surface area contributed by atoms with Crippen LogP contribution in [0.2, 0.25) is 0 Å². The molecular weight excluding hydrogens is 264 g/mol. The molecule has 3 heteroatoms. The molecule has 0 fully saturated rings. The van der Waals surface area contributed by atoms with Gasteiger partial charge in [-0.3, -0.25) is 0 Å². The van der Waals surface area contributed by atoms with Crippen molar-refractivity contribution in [1.82, 2.24) is 0 Å². The number of hydrogen-bond acceptors (Lipinski definition) is 3. The van der Waals surface area contributed by atoms with E-state index < -0.39 is 0 Å². The van der Waals surface area contributed by atoms with Crippen molar-refractivity contribution < 1.29 is 9.15 Å². The largest absolute Gasteiger partial charge is 0.489 e. The predicted octanol–water partition coefficient (Wildman–Crippen LogP) is 3.99. The van der Waals surface area contributed by atoms with E-state index >= 15 is 0 Å². The van der Waals surface area contributed by atoms with Crippen molar-refractivity contribution in [2.75, 3.05) is 0 Å². The van der Waals surface area contributed by atoms with E-state index in [1.165, 1.54) is 6.07 Å². The Morgan fingerprint density at radius 1 is 1.05 bits per heavy atom. The van der Waals surface area contributed by atoms with Gasteiger partial charge in [-0.2, -0.15) is 0 Å². The molecule has 0 saturated heterocycles. The van der Waals surface area contributed by atoms with E-state index in [-0.39, 0.29) is 5.63 Å². The summed E-state index contributed by atoms with van der Waals surface area (Å²) in [4.78, 5) is 11.8. The van der Waals surface area contributed by atoms with E-state index in [1.54, 1.807) is 0 Å². The van der Waals surface area contributed by atoms with Gasteiger partial charge in [-0.05, 0) is 37.1 Å². The highest BCUT2D eigenvalue weighted by molar-refractivity contribution is 5.83. The fourth-order valence-corrected chi connectivity index (χ4v) is 2.32. The van der Waals surface area contributed by atoms with Crippen molar-refractivity contribution in [2.24, 2.45) is 0 Å². The molecule has 0 aliphatic rings. The molecule has 0 bridgehead atoms. The smallest absolute Gasteiger partial charge is 0.336 e. The second-order valence-electron chi connectivity index (χ2n) is 5.08. The molecule has 106 valence electrons. The summed E-state index contributed by atoms with van der Waals surface area (Å²) in [6.07, 6.45) is 0. The van der Waals surface area contributed by atoms with E-state index in [9.17, 15) is 4.79 Å². The van der Waals surface area contributed by atoms with Crippen LogP contribution in [-0.2, 0) is 6.61 Å². The summed E-state index contributed by atoms with van der Waals surface area (Å²) < 4.78 is 11.1. The van der Waals surface area contributed by atoms with Gasteiger partial charge in [0, 0.05) is 17.0 Å². The van der Waals surface area contributed by atoms with Gasteiger partial charge in [0.2, 0.25) is 0 Å². The van der Waals surface area contributed by atoms with Crippen molar-refractivity contribution in [3.8, 4) is 5.75 Å². The van der Waals surface area contributed by atoms with E-state index in [0.717, 1.165) is 27.8 Å². The fraction of sp³-hybridized carbons (Fsp3) is 0.167. The highest BCUT2D eigenvalue weighted by Gasteiger charge is 2.10. The van der Waals surface area contributed by atoms with Gasteiger partial charge < -0.3 is 9.15 Å². The third-order valence-electron chi connectivity index (χ3n) is 3.65. The molecule has 0 N–H and O–H groups in total. The lowest BCUT2D eigenvalue weighted by Gasteiger charge is -2.10. The van der Waals surface area contributed by atoms with Crippen molar-refractivity contribution in [1.29, 1.82) is 0 Å². The van der Waals surface area contributed by atoms with E-state index in [0.29, 0.717) is 12.2 Å². The molecule has 1 heterocycles. The molecule has 0 spiro atoms. The second kappa shape index (κ2) is 5.44. The topological polar surface area (TPSA) is 39.4 Å². The van der Waals surface area contributed by atoms with E-state index in [2.05, 4.69) is 0 Å². The van der Waals surface area contributed by atoms with Crippen LogP contribution in [0.3, 0.4) is 0 Å². The first kappa shape index (κ1) is 13.4. The second-order valence-corrected chi connectivity index (χ2v) is 5.08. The molecule has 1 aromatic heterocycles. The first-order valence-electron chi connectivity index (χ1n) is 6.86. The van der Waals surface area contributed by atoms with Crippen molar-refractivity contribution in [3.63, 3.8) is 0 Å². The van der Waals surface area contributed by atoms with Crippen molar-refractivity contribution >= 4 is 11.0 Å². The Labute approximate surface area is 122 Å². The molecular formula is C18H16O3. The summed E-state index contributed by atoms with van der Waals surface area (Å²) in [6.45, 7) is 4.30. The maximum atomic E-state index is 11.8. The van der Waals surface area contributed by atoms with Crippen LogP contribution >= 0.6 is 0 Å². The first-order chi connectivity index (χ1) is 10.1. The summed E-state index contributed by atoms with van der Waals surface area (Å²) >= 11 is 0. The molecule has 0 radical (unpaired) electrons. The Morgan fingerprint density at radius 2 is 1.81 bits per heavy atom. The summed E-state index contributed by atoms with van der Waals surface area (Å²) in [5, 5.41) is 0.925. The SMILES string of the molecule is Cc1ccc2c(COc3ccccc3)cc(=O)oc2c1C. The zero-order chi connectivity index (χ0) is 14.8. The number of para-hydroxylation sites is 1. The Morgan fingerprint density at radius 3 is 2.57 bits per heavy atom. The Hall–Kier alpha value is -2.55. The standard InChI is InChI=1S/C18H16O3/c1-12-8-9-16-14(10-17(19)21-18(16)13(12)2)11-20-15-6-4-3-5-7-15/h3-10H,11H2,1-2H3. The molecule has 3 nitrogen and oxygen atoms in total. The Kier molecular flexibility index (Phi) is 3.48. The molecule has 2 aromatic carbocycles. The average Bonchev–Trinajstić information content (AvgIpc) is 2.50. The quantitative estimate of drug-likeness (QED) is 0.681. The van der Waals surface area contributed by atoms with Gasteiger partial charge in [0.05, 0.1) is 0 Å². The summed E-state index contributed by atoms with van der Waals surface area (Å²) in [5.41, 5.74) is 3.24. The summed E-state index contributed by atoms with van der Waals surface area (Å²) in [6, 6.07) is 15.1. The first-order valence-corrected chi connectivity index (χ1v) is 6.86. The average molecular weight is 280 g/mol. The summed E-state index contributed by atoms with van der Waals surface area (Å²) in [7, 11) is 0. The number of hydrogen-bond donors (Lipinski definition) is 0. The van der Waals surface area contributed by atoms with Crippen LogP contribution in [0, 0.1) is 13.8 Å². The minimum absolute atomic E-state index is 0.342. The monoisotopic (exact) mass is 280 g/mol. The van der Waals surface area contributed by atoms with Gasteiger partial charge in [0.25, 0.3) is 0 Å². The molecule has 3 aromatic rings. The molecule has 0 atom stereocenters. The van der Waals surface area contributed by atoms with Crippen LogP contribution < -0.4 is 10.4 Å². The molecule has 0 aliphatic carbocycles. The van der Waals surface area contributed by atoms with Crippen molar-refractivity contribution in [3.05, 3.63) is 75.6 Å². The highest BCUT2D eigenvalue weighted by atomic mass is 16.5. The van der Waals surface area contributed by atoms with Gasteiger partial charge in [0.1, 0.15) is 17.9 Å². The number of aryl methyl sites for hydroxylation is 2. The molecule has 0 saturated carbocycles. The normalized spacial score (nSPS) is 10.8. The minimum atomic E-state index is -0.345. The van der Waals surface area contributed by atoms with Crippen molar-refractivity contribution in [2.45, 2.75) is 20.5 Å². The molecule has 0 amide bonds. The number of rotatable bonds is 3. The fourth-order valence-electron chi connectivity index (χ4n) is 2.32. The molecule has 0 aliphatic heterocycles. The van der Waals surface area contributed by atoms with Gasteiger partial charge in [0.15, 0.2) is 0 Å². The Balaban J connectivity index is 2.02. The zero-order valence-electron chi connectivity index (χ0n) is 12.1. The lowest BCUT2D eigenvalue weighted by Crippen LogP contribution is -2.05. The van der Waals surface area contributed by atoms with Gasteiger partial charge in [-0.1, -0.05) is 30.3 Å². The number of fused-ring (bicyclic) bond motifs is 1. The van der Waals surface area contributed by atoms with Crippen LogP contribution in [0.5, 0.6) is 5.75 Å². The van der Waals surface area contributed by atoms with Crippen LogP contribution in [0.25, 0.3) is 11.0 Å². The number of benzene rings is 2. The van der Waals surface area contributed by atoms with E-state index in [1.807, 2.05) is 56.3 Å². The van der Waals surface area contributed by atoms with Gasteiger partial charge >= 0.3 is 5.63 Å². The number of ether oxygens (including phenoxy) is 1. The Bertz CT molecular complexity index is 832. The van der Waals surface area contributed by atoms with Crippen LogP contribution in [0.4, 0.5) is 0 Å². The predicted molar refractivity (Wildman–Crippen MR) is 82.7 cm³/mol. The van der Waals surface area contributed by atoms with Gasteiger partial charge in [-0.15, -0.1) is 0 Å². The van der Waals surface area contributed by atoms with Gasteiger partial charge in [-0.25, -0.2) is 4.79 Å². The highest BCUT2D eigenvalue weighted by Crippen LogP contribution is 2.24. The minimum Gasteiger partial charge on any atom is -0.489 e. The lowest BCUT2D eigenvalue weighted by molar-refractivity contribution is 0.306. The zero-order valence-corrected chi connectivity index (χ0v) is 12.1. The van der Waals surface area contributed by atoms with Crippen LogP contribution in [0.15, 0.2) is 57.7 Å². The molecule has 21 heavy (non-hydrogen) atoms. The summed E-state index contributed by atoms with van der Waals surface area (Å²) in [5.74, 6) is 0.780. The lowest BCUT2D eigenvalue weighted by atomic mass is 10.0.